The first kappa shape index (κ1) is 9.48. The number of hydrogen-bond acceptors (Lipinski definition) is 4. The smallest absolute Gasteiger partial charge is 0.308 e. The zero-order valence-electron chi connectivity index (χ0n) is 7.06. The average molecular weight is 174 g/mol. The molecule has 0 spiro atoms. The van der Waals surface area contributed by atoms with Crippen LogP contribution in [0.15, 0.2) is 0 Å². The zero-order chi connectivity index (χ0) is 9.14. The summed E-state index contributed by atoms with van der Waals surface area (Å²) in [5.74, 6) is -0.679. The van der Waals surface area contributed by atoms with Gasteiger partial charge < -0.3 is 14.9 Å². The number of ether oxygens (including phenoxy) is 1. The highest BCUT2D eigenvalue weighted by Gasteiger charge is 2.36. The second-order valence-corrected chi connectivity index (χ2v) is 3.20. The molecule has 12 heavy (non-hydrogen) atoms. The fourth-order valence-corrected chi connectivity index (χ4v) is 1.66. The standard InChI is InChI=1S/C8H14O4/c1-12-8(11)5-2-6(4-9)7(10)3-5/h5-7,9-10H,2-4H2,1H3/t5-,6-,7-/m1/s1. The number of hydrogen-bond donors (Lipinski definition) is 2. The molecular weight excluding hydrogens is 160 g/mol. The molecule has 0 aromatic heterocycles. The summed E-state index contributed by atoms with van der Waals surface area (Å²) in [5.41, 5.74) is 0. The van der Waals surface area contributed by atoms with Gasteiger partial charge in [0.2, 0.25) is 0 Å². The van der Waals surface area contributed by atoms with E-state index in [1.807, 2.05) is 0 Å². The fourth-order valence-electron chi connectivity index (χ4n) is 1.66. The van der Waals surface area contributed by atoms with Gasteiger partial charge in [-0.15, -0.1) is 0 Å². The van der Waals surface area contributed by atoms with Crippen molar-refractivity contribution in [3.05, 3.63) is 0 Å². The number of carbonyl (C=O) groups excluding carboxylic acids is 1. The van der Waals surface area contributed by atoms with Crippen LogP contribution >= 0.6 is 0 Å². The Morgan fingerprint density at radius 2 is 2.25 bits per heavy atom. The molecule has 70 valence electrons. The minimum atomic E-state index is -0.556. The number of aliphatic hydroxyl groups is 2. The van der Waals surface area contributed by atoms with Gasteiger partial charge in [-0.3, -0.25) is 4.79 Å². The minimum absolute atomic E-state index is 0.0609. The van der Waals surface area contributed by atoms with Crippen LogP contribution in [0, 0.1) is 11.8 Å². The van der Waals surface area contributed by atoms with E-state index in [0.717, 1.165) is 0 Å². The molecule has 1 saturated carbocycles. The van der Waals surface area contributed by atoms with Crippen molar-refractivity contribution in [2.45, 2.75) is 18.9 Å². The lowest BCUT2D eigenvalue weighted by Crippen LogP contribution is -2.16. The van der Waals surface area contributed by atoms with E-state index in [1.165, 1.54) is 7.11 Å². The number of aliphatic hydroxyl groups excluding tert-OH is 2. The molecule has 4 nitrogen and oxygen atoms in total. The molecule has 0 amide bonds. The summed E-state index contributed by atoms with van der Waals surface area (Å²) in [5, 5.41) is 18.1. The second kappa shape index (κ2) is 3.87. The molecule has 2 N–H and O–H groups in total. The molecule has 0 aliphatic heterocycles. The monoisotopic (exact) mass is 174 g/mol. The van der Waals surface area contributed by atoms with Gasteiger partial charge in [0.05, 0.1) is 19.1 Å². The number of carbonyl (C=O) groups is 1. The average Bonchev–Trinajstić information content (AvgIpc) is 2.45. The predicted octanol–water partition coefficient (Wildman–Crippen LogP) is -0.461. The normalized spacial score (nSPS) is 35.1. The summed E-state index contributed by atoms with van der Waals surface area (Å²) < 4.78 is 4.54. The van der Waals surface area contributed by atoms with Crippen LogP contribution in [0.25, 0.3) is 0 Å². The highest BCUT2D eigenvalue weighted by molar-refractivity contribution is 5.72. The molecule has 3 atom stereocenters. The molecule has 1 fully saturated rings. The minimum Gasteiger partial charge on any atom is -0.469 e. The van der Waals surface area contributed by atoms with Crippen molar-refractivity contribution in [2.75, 3.05) is 13.7 Å². The molecule has 0 aromatic rings. The molecule has 1 rings (SSSR count). The maximum absolute atomic E-state index is 11.0. The van der Waals surface area contributed by atoms with Crippen LogP contribution in [0.5, 0.6) is 0 Å². The van der Waals surface area contributed by atoms with E-state index in [0.29, 0.717) is 12.8 Å². The quantitative estimate of drug-likeness (QED) is 0.556. The van der Waals surface area contributed by atoms with Gasteiger partial charge in [0, 0.05) is 12.5 Å². The van der Waals surface area contributed by atoms with E-state index in [4.69, 9.17) is 5.11 Å². The van der Waals surface area contributed by atoms with Crippen LogP contribution in [0.2, 0.25) is 0 Å². The lowest BCUT2D eigenvalue weighted by molar-refractivity contribution is -0.145. The van der Waals surface area contributed by atoms with E-state index in [-0.39, 0.29) is 24.4 Å². The Kier molecular flexibility index (Phi) is 3.05. The van der Waals surface area contributed by atoms with Crippen molar-refractivity contribution in [1.82, 2.24) is 0 Å². The Morgan fingerprint density at radius 1 is 1.58 bits per heavy atom. The Morgan fingerprint density at radius 3 is 2.67 bits per heavy atom. The van der Waals surface area contributed by atoms with Gasteiger partial charge in [-0.2, -0.15) is 0 Å². The van der Waals surface area contributed by atoms with E-state index < -0.39 is 6.10 Å². The SMILES string of the molecule is COC(=O)[C@@H]1C[C@H](CO)[C@H](O)C1. The van der Waals surface area contributed by atoms with Crippen LogP contribution in [0.4, 0.5) is 0 Å². The van der Waals surface area contributed by atoms with Crippen molar-refractivity contribution in [2.24, 2.45) is 11.8 Å². The van der Waals surface area contributed by atoms with Gasteiger partial charge in [-0.1, -0.05) is 0 Å². The molecule has 0 heterocycles. The largest absolute Gasteiger partial charge is 0.469 e. The first-order valence-corrected chi connectivity index (χ1v) is 4.05. The Balaban J connectivity index is 2.48. The van der Waals surface area contributed by atoms with Gasteiger partial charge in [0.25, 0.3) is 0 Å². The summed E-state index contributed by atoms with van der Waals surface area (Å²) in [6.07, 6.45) is 0.390. The zero-order valence-corrected chi connectivity index (χ0v) is 7.06. The van der Waals surface area contributed by atoms with E-state index in [1.54, 1.807) is 0 Å². The molecule has 0 aromatic carbocycles. The van der Waals surface area contributed by atoms with Gasteiger partial charge in [-0.05, 0) is 12.8 Å². The third kappa shape index (κ3) is 1.76. The molecule has 0 unspecified atom stereocenters. The molecule has 0 radical (unpaired) electrons. The van der Waals surface area contributed by atoms with Gasteiger partial charge in [0.15, 0.2) is 0 Å². The van der Waals surface area contributed by atoms with E-state index in [9.17, 15) is 9.90 Å². The molecule has 1 aliphatic carbocycles. The fraction of sp³-hybridized carbons (Fsp3) is 0.875. The predicted molar refractivity (Wildman–Crippen MR) is 41.3 cm³/mol. The molecule has 0 bridgehead atoms. The van der Waals surface area contributed by atoms with Crippen molar-refractivity contribution < 1.29 is 19.7 Å². The summed E-state index contributed by atoms with van der Waals surface area (Å²) in [4.78, 5) is 11.0. The Labute approximate surface area is 71.2 Å². The lowest BCUT2D eigenvalue weighted by atomic mass is 10.1. The van der Waals surface area contributed by atoms with Crippen LogP contribution in [-0.2, 0) is 9.53 Å². The molecule has 0 saturated heterocycles. The number of rotatable bonds is 2. The van der Waals surface area contributed by atoms with E-state index >= 15 is 0 Å². The summed E-state index contributed by atoms with van der Waals surface area (Å²) in [6.45, 7) is -0.0609. The Bertz CT molecular complexity index is 168. The van der Waals surface area contributed by atoms with Crippen molar-refractivity contribution in [1.29, 1.82) is 0 Å². The highest BCUT2D eigenvalue weighted by atomic mass is 16.5. The van der Waals surface area contributed by atoms with Crippen LogP contribution in [0.1, 0.15) is 12.8 Å². The summed E-state index contributed by atoms with van der Waals surface area (Å²) in [7, 11) is 1.33. The maximum atomic E-state index is 11.0. The van der Waals surface area contributed by atoms with Gasteiger partial charge in [0.1, 0.15) is 0 Å². The number of methoxy groups -OCH3 is 1. The molecular formula is C8H14O4. The summed E-state index contributed by atoms with van der Waals surface area (Å²) in [6, 6.07) is 0. The van der Waals surface area contributed by atoms with Crippen molar-refractivity contribution >= 4 is 5.97 Å². The third-order valence-electron chi connectivity index (χ3n) is 2.43. The van der Waals surface area contributed by atoms with Crippen molar-refractivity contribution in [3.8, 4) is 0 Å². The maximum Gasteiger partial charge on any atom is 0.308 e. The number of esters is 1. The van der Waals surface area contributed by atoms with Crippen LogP contribution in [0.3, 0.4) is 0 Å². The second-order valence-electron chi connectivity index (χ2n) is 3.20. The lowest BCUT2D eigenvalue weighted by Gasteiger charge is -2.08. The Hall–Kier alpha value is -0.610. The third-order valence-corrected chi connectivity index (χ3v) is 2.43. The van der Waals surface area contributed by atoms with E-state index in [2.05, 4.69) is 4.74 Å². The molecule has 1 aliphatic rings. The summed E-state index contributed by atoms with van der Waals surface area (Å²) >= 11 is 0. The van der Waals surface area contributed by atoms with Gasteiger partial charge in [-0.25, -0.2) is 0 Å². The first-order chi connectivity index (χ1) is 5.69. The van der Waals surface area contributed by atoms with Crippen molar-refractivity contribution in [3.63, 3.8) is 0 Å². The molecule has 4 heteroatoms. The van der Waals surface area contributed by atoms with Crippen LogP contribution in [-0.4, -0.2) is 36.0 Å². The van der Waals surface area contributed by atoms with Gasteiger partial charge >= 0.3 is 5.97 Å². The topological polar surface area (TPSA) is 66.8 Å². The van der Waals surface area contributed by atoms with Crippen LogP contribution < -0.4 is 0 Å². The first-order valence-electron chi connectivity index (χ1n) is 4.05. The highest BCUT2D eigenvalue weighted by Crippen LogP contribution is 2.31.